The summed E-state index contributed by atoms with van der Waals surface area (Å²) in [5.41, 5.74) is 0. The molecule has 0 bridgehead atoms. The van der Waals surface area contributed by atoms with Gasteiger partial charge in [0.25, 0.3) is 0 Å². The minimum atomic E-state index is -0.324. The van der Waals surface area contributed by atoms with Crippen LogP contribution in [0.2, 0.25) is 0 Å². The highest BCUT2D eigenvalue weighted by Gasteiger charge is 2.06. The van der Waals surface area contributed by atoms with E-state index in [0.717, 1.165) is 12.1 Å². The number of carbonyl (C=O) groups excluding carboxylic acids is 2. The lowest BCUT2D eigenvalue weighted by Gasteiger charge is -2.04. The SMILES string of the molecule is COC(=O)Cn1ccnc1CCC=O. The lowest BCUT2D eigenvalue weighted by Crippen LogP contribution is -2.13. The van der Waals surface area contributed by atoms with Crippen LogP contribution >= 0.6 is 0 Å². The van der Waals surface area contributed by atoms with E-state index < -0.39 is 0 Å². The number of hydrogen-bond acceptors (Lipinski definition) is 4. The number of hydrogen-bond donors (Lipinski definition) is 0. The molecular weight excluding hydrogens is 184 g/mol. The molecule has 0 aliphatic rings. The molecule has 1 aromatic heterocycles. The third-order valence-corrected chi connectivity index (χ3v) is 1.81. The third kappa shape index (κ3) is 2.69. The fourth-order valence-corrected chi connectivity index (χ4v) is 1.10. The van der Waals surface area contributed by atoms with E-state index in [1.165, 1.54) is 7.11 Å². The van der Waals surface area contributed by atoms with Crippen molar-refractivity contribution in [2.24, 2.45) is 0 Å². The van der Waals surface area contributed by atoms with Crippen molar-refractivity contribution in [2.45, 2.75) is 19.4 Å². The van der Waals surface area contributed by atoms with E-state index in [4.69, 9.17) is 0 Å². The maximum absolute atomic E-state index is 11.0. The van der Waals surface area contributed by atoms with E-state index >= 15 is 0 Å². The molecule has 0 atom stereocenters. The summed E-state index contributed by atoms with van der Waals surface area (Å²) >= 11 is 0. The number of rotatable bonds is 5. The minimum Gasteiger partial charge on any atom is -0.468 e. The Morgan fingerprint density at radius 2 is 2.50 bits per heavy atom. The van der Waals surface area contributed by atoms with Gasteiger partial charge in [-0.25, -0.2) is 4.98 Å². The molecule has 5 nitrogen and oxygen atoms in total. The Balaban J connectivity index is 2.62. The first-order chi connectivity index (χ1) is 6.77. The number of ether oxygens (including phenoxy) is 1. The fraction of sp³-hybridized carbons (Fsp3) is 0.444. The van der Waals surface area contributed by atoms with Crippen LogP contribution in [0.1, 0.15) is 12.2 Å². The molecule has 0 aliphatic heterocycles. The summed E-state index contributed by atoms with van der Waals surface area (Å²) in [6, 6.07) is 0. The van der Waals surface area contributed by atoms with Gasteiger partial charge in [0.1, 0.15) is 18.7 Å². The van der Waals surface area contributed by atoms with Crippen molar-refractivity contribution in [2.75, 3.05) is 7.11 Å². The Kier molecular flexibility index (Phi) is 3.84. The van der Waals surface area contributed by atoms with Crippen LogP contribution in [0, 0.1) is 0 Å². The zero-order valence-corrected chi connectivity index (χ0v) is 7.97. The van der Waals surface area contributed by atoms with E-state index in [9.17, 15) is 9.59 Å². The summed E-state index contributed by atoms with van der Waals surface area (Å²) in [5.74, 6) is 0.401. The quantitative estimate of drug-likeness (QED) is 0.498. The number of carbonyl (C=O) groups is 2. The number of esters is 1. The van der Waals surface area contributed by atoms with E-state index in [1.54, 1.807) is 17.0 Å². The standard InChI is InChI=1S/C9H12N2O3/c1-14-9(13)7-11-5-4-10-8(11)3-2-6-12/h4-6H,2-3,7H2,1H3. The largest absolute Gasteiger partial charge is 0.468 e. The van der Waals surface area contributed by atoms with E-state index in [-0.39, 0.29) is 12.5 Å². The van der Waals surface area contributed by atoms with Gasteiger partial charge in [-0.3, -0.25) is 4.79 Å². The molecule has 1 aromatic rings. The molecule has 1 heterocycles. The Labute approximate surface area is 81.7 Å². The number of aryl methyl sites for hydroxylation is 1. The molecular formula is C9H12N2O3. The highest BCUT2D eigenvalue weighted by molar-refractivity contribution is 5.69. The van der Waals surface area contributed by atoms with Gasteiger partial charge in [0, 0.05) is 25.2 Å². The first kappa shape index (κ1) is 10.4. The fourth-order valence-electron chi connectivity index (χ4n) is 1.10. The van der Waals surface area contributed by atoms with Crippen molar-refractivity contribution in [3.8, 4) is 0 Å². The zero-order valence-electron chi connectivity index (χ0n) is 7.97. The van der Waals surface area contributed by atoms with Gasteiger partial charge in [-0.05, 0) is 0 Å². The van der Waals surface area contributed by atoms with Crippen LogP contribution in [-0.4, -0.2) is 28.9 Å². The summed E-state index contributed by atoms with van der Waals surface area (Å²) in [4.78, 5) is 25.2. The predicted molar refractivity (Wildman–Crippen MR) is 48.6 cm³/mol. The maximum Gasteiger partial charge on any atom is 0.325 e. The monoisotopic (exact) mass is 196 g/mol. The lowest BCUT2D eigenvalue weighted by atomic mass is 10.3. The number of nitrogens with zero attached hydrogens (tertiary/aromatic N) is 2. The molecule has 0 unspecified atom stereocenters. The van der Waals surface area contributed by atoms with Crippen LogP contribution in [0.15, 0.2) is 12.4 Å². The van der Waals surface area contributed by atoms with Gasteiger partial charge >= 0.3 is 5.97 Å². The van der Waals surface area contributed by atoms with Gasteiger partial charge in [-0.1, -0.05) is 0 Å². The van der Waals surface area contributed by atoms with Crippen LogP contribution in [0.25, 0.3) is 0 Å². The van der Waals surface area contributed by atoms with Crippen LogP contribution in [0.4, 0.5) is 0 Å². The van der Waals surface area contributed by atoms with Crippen molar-refractivity contribution >= 4 is 12.3 Å². The maximum atomic E-state index is 11.0. The van der Waals surface area contributed by atoms with Crippen molar-refractivity contribution in [3.63, 3.8) is 0 Å². The Morgan fingerprint density at radius 1 is 1.71 bits per heavy atom. The number of aldehydes is 1. The molecule has 0 fully saturated rings. The van der Waals surface area contributed by atoms with E-state index in [1.807, 2.05) is 0 Å². The van der Waals surface area contributed by atoms with Crippen LogP contribution in [0.3, 0.4) is 0 Å². The topological polar surface area (TPSA) is 61.2 Å². The predicted octanol–water partition coefficient (Wildman–Crippen LogP) is 0.188. The van der Waals surface area contributed by atoms with Crippen molar-refractivity contribution in [1.82, 2.24) is 9.55 Å². The van der Waals surface area contributed by atoms with Crippen LogP contribution in [0.5, 0.6) is 0 Å². The number of methoxy groups -OCH3 is 1. The Hall–Kier alpha value is -1.65. The first-order valence-electron chi connectivity index (χ1n) is 4.28. The van der Waals surface area contributed by atoms with E-state index in [0.29, 0.717) is 12.8 Å². The summed E-state index contributed by atoms with van der Waals surface area (Å²) in [6.45, 7) is 0.144. The average molecular weight is 196 g/mol. The smallest absolute Gasteiger partial charge is 0.325 e. The molecule has 0 aliphatic carbocycles. The summed E-state index contributed by atoms with van der Waals surface area (Å²) in [6.07, 6.45) is 5.09. The first-order valence-corrected chi connectivity index (χ1v) is 4.28. The molecule has 0 spiro atoms. The second-order valence-corrected chi connectivity index (χ2v) is 2.75. The third-order valence-electron chi connectivity index (χ3n) is 1.81. The summed E-state index contributed by atoms with van der Waals surface area (Å²) < 4.78 is 6.20. The molecule has 76 valence electrons. The molecule has 0 saturated carbocycles. The van der Waals surface area contributed by atoms with Gasteiger partial charge in [-0.15, -0.1) is 0 Å². The van der Waals surface area contributed by atoms with Gasteiger partial charge in [-0.2, -0.15) is 0 Å². The summed E-state index contributed by atoms with van der Waals surface area (Å²) in [5, 5.41) is 0. The molecule has 5 heteroatoms. The van der Waals surface area contributed by atoms with Gasteiger partial charge < -0.3 is 14.1 Å². The Bertz CT molecular complexity index is 320. The molecule has 0 amide bonds. The minimum absolute atomic E-state index is 0.144. The van der Waals surface area contributed by atoms with E-state index in [2.05, 4.69) is 9.72 Å². The second-order valence-electron chi connectivity index (χ2n) is 2.75. The number of aromatic nitrogens is 2. The Morgan fingerprint density at radius 3 is 3.14 bits per heavy atom. The van der Waals surface area contributed by atoms with Crippen molar-refractivity contribution < 1.29 is 14.3 Å². The highest BCUT2D eigenvalue weighted by atomic mass is 16.5. The van der Waals surface area contributed by atoms with Gasteiger partial charge in [0.2, 0.25) is 0 Å². The average Bonchev–Trinajstić information content (AvgIpc) is 2.62. The molecule has 0 N–H and O–H groups in total. The van der Waals surface area contributed by atoms with Crippen LogP contribution < -0.4 is 0 Å². The molecule has 0 radical (unpaired) electrons. The van der Waals surface area contributed by atoms with Crippen molar-refractivity contribution in [1.29, 1.82) is 0 Å². The normalized spacial score (nSPS) is 9.79. The molecule has 14 heavy (non-hydrogen) atoms. The van der Waals surface area contributed by atoms with Gasteiger partial charge in [0.05, 0.1) is 7.11 Å². The molecule has 0 aromatic carbocycles. The number of imidazole rings is 1. The highest BCUT2D eigenvalue weighted by Crippen LogP contribution is 2.00. The van der Waals surface area contributed by atoms with Crippen molar-refractivity contribution in [3.05, 3.63) is 18.2 Å². The summed E-state index contributed by atoms with van der Waals surface area (Å²) in [7, 11) is 1.34. The van der Waals surface area contributed by atoms with Gasteiger partial charge in [0.15, 0.2) is 0 Å². The molecule has 0 saturated heterocycles. The molecule has 1 rings (SSSR count). The zero-order chi connectivity index (χ0) is 10.4. The second kappa shape index (κ2) is 5.16. The lowest BCUT2D eigenvalue weighted by molar-refractivity contribution is -0.141. The van der Waals surface area contributed by atoms with Crippen LogP contribution in [-0.2, 0) is 27.3 Å².